The van der Waals surface area contributed by atoms with Gasteiger partial charge in [0.1, 0.15) is 5.75 Å². The minimum atomic E-state index is -0.265. The summed E-state index contributed by atoms with van der Waals surface area (Å²) in [5, 5.41) is 3.26. The zero-order valence-electron chi connectivity index (χ0n) is 14.1. The average Bonchev–Trinajstić information content (AvgIpc) is 2.59. The first-order valence-electron chi connectivity index (χ1n) is 8.02. The van der Waals surface area contributed by atoms with Crippen LogP contribution in [-0.4, -0.2) is 36.9 Å². The van der Waals surface area contributed by atoms with Crippen molar-refractivity contribution in [1.82, 2.24) is 4.90 Å². The summed E-state index contributed by atoms with van der Waals surface area (Å²) in [4.78, 5) is 25.5. The van der Waals surface area contributed by atoms with Crippen molar-refractivity contribution in [2.75, 3.05) is 25.5 Å². The van der Waals surface area contributed by atoms with Gasteiger partial charge in [-0.05, 0) is 36.8 Å². The van der Waals surface area contributed by atoms with Gasteiger partial charge < -0.3 is 15.0 Å². The van der Waals surface area contributed by atoms with Crippen molar-refractivity contribution >= 4 is 29.1 Å². The van der Waals surface area contributed by atoms with Gasteiger partial charge in [0, 0.05) is 24.2 Å². The van der Waals surface area contributed by atoms with Gasteiger partial charge in [-0.3, -0.25) is 9.59 Å². The van der Waals surface area contributed by atoms with Crippen LogP contribution in [0.3, 0.4) is 0 Å². The average molecular weight is 361 g/mol. The van der Waals surface area contributed by atoms with Crippen LogP contribution in [0.5, 0.6) is 5.75 Å². The fraction of sp³-hybridized carbons (Fsp3) is 0.263. The minimum absolute atomic E-state index is 0.00904. The normalized spacial score (nSPS) is 10.2. The third-order valence-electron chi connectivity index (χ3n) is 3.46. The Hall–Kier alpha value is -2.53. The molecule has 2 amide bonds. The van der Waals surface area contributed by atoms with E-state index >= 15 is 0 Å². The highest BCUT2D eigenvalue weighted by molar-refractivity contribution is 6.30. The summed E-state index contributed by atoms with van der Waals surface area (Å²) in [5.74, 6) is 0.417. The molecule has 0 radical (unpaired) electrons. The highest BCUT2D eigenvalue weighted by Crippen LogP contribution is 2.14. The van der Waals surface area contributed by atoms with Gasteiger partial charge >= 0.3 is 0 Å². The van der Waals surface area contributed by atoms with Crippen molar-refractivity contribution < 1.29 is 14.3 Å². The van der Waals surface area contributed by atoms with Crippen molar-refractivity contribution in [2.45, 2.75) is 12.8 Å². The van der Waals surface area contributed by atoms with Crippen LogP contribution >= 0.6 is 11.6 Å². The van der Waals surface area contributed by atoms with Crippen LogP contribution in [0, 0.1) is 0 Å². The van der Waals surface area contributed by atoms with E-state index in [2.05, 4.69) is 5.32 Å². The number of hydrogen-bond acceptors (Lipinski definition) is 3. The predicted molar refractivity (Wildman–Crippen MR) is 98.9 cm³/mol. The van der Waals surface area contributed by atoms with E-state index in [1.807, 2.05) is 30.3 Å². The number of rotatable bonds is 8. The highest BCUT2D eigenvalue weighted by Gasteiger charge is 2.13. The molecule has 0 aliphatic heterocycles. The Bertz CT molecular complexity index is 707. The maximum atomic E-state index is 12.1. The van der Waals surface area contributed by atoms with Gasteiger partial charge in [0.05, 0.1) is 13.2 Å². The largest absolute Gasteiger partial charge is 0.494 e. The lowest BCUT2D eigenvalue weighted by Gasteiger charge is -2.17. The molecule has 0 heterocycles. The molecule has 2 rings (SSSR count). The van der Waals surface area contributed by atoms with Crippen molar-refractivity contribution in [3.8, 4) is 5.75 Å². The number of likely N-dealkylation sites (N-methyl/N-ethyl adjacent to an activating group) is 1. The number of carbonyl (C=O) groups is 2. The lowest BCUT2D eigenvalue weighted by molar-refractivity contribution is -0.133. The molecule has 132 valence electrons. The van der Waals surface area contributed by atoms with E-state index in [0.717, 1.165) is 5.75 Å². The Balaban J connectivity index is 1.68. The molecule has 5 nitrogen and oxygen atoms in total. The summed E-state index contributed by atoms with van der Waals surface area (Å²) < 4.78 is 5.54. The number of halogens is 1. The molecule has 0 bridgehead atoms. The van der Waals surface area contributed by atoms with E-state index in [1.165, 1.54) is 4.90 Å². The summed E-state index contributed by atoms with van der Waals surface area (Å²) in [6.07, 6.45) is 0.918. The number of nitrogens with zero attached hydrogens (tertiary/aromatic N) is 1. The second-order valence-corrected chi connectivity index (χ2v) is 6.01. The Morgan fingerprint density at radius 1 is 1.12 bits per heavy atom. The van der Waals surface area contributed by atoms with Crippen LogP contribution in [0.2, 0.25) is 5.02 Å². The molecule has 0 unspecified atom stereocenters. The standard InChI is InChI=1S/C19H21ClN2O3/c1-22(14-18(23)21-16-8-5-7-15(20)13-16)19(24)11-6-12-25-17-9-3-2-4-10-17/h2-5,7-10,13H,6,11-12,14H2,1H3,(H,21,23). The second-order valence-electron chi connectivity index (χ2n) is 5.57. The molecule has 0 atom stereocenters. The molecule has 0 aliphatic rings. The van der Waals surface area contributed by atoms with Crippen LogP contribution in [-0.2, 0) is 9.59 Å². The van der Waals surface area contributed by atoms with Crippen LogP contribution in [0.15, 0.2) is 54.6 Å². The molecular weight excluding hydrogens is 340 g/mol. The highest BCUT2D eigenvalue weighted by atomic mass is 35.5. The number of benzene rings is 2. The zero-order chi connectivity index (χ0) is 18.1. The Kier molecular flexibility index (Phi) is 7.29. The Morgan fingerprint density at radius 3 is 2.60 bits per heavy atom. The van der Waals surface area contributed by atoms with E-state index < -0.39 is 0 Å². The van der Waals surface area contributed by atoms with Crippen LogP contribution in [0.1, 0.15) is 12.8 Å². The summed E-state index contributed by atoms with van der Waals surface area (Å²) in [5.41, 5.74) is 0.606. The molecule has 2 aromatic carbocycles. The molecular formula is C19H21ClN2O3. The lowest BCUT2D eigenvalue weighted by Crippen LogP contribution is -2.34. The number of amides is 2. The summed E-state index contributed by atoms with van der Waals surface area (Å²) >= 11 is 5.87. The minimum Gasteiger partial charge on any atom is -0.494 e. The van der Waals surface area contributed by atoms with Gasteiger partial charge in [0.2, 0.25) is 11.8 Å². The first kappa shape index (κ1) is 18.8. The second kappa shape index (κ2) is 9.69. The molecule has 0 saturated heterocycles. The number of hydrogen-bond donors (Lipinski definition) is 1. The smallest absolute Gasteiger partial charge is 0.243 e. The maximum Gasteiger partial charge on any atom is 0.243 e. The number of nitrogens with one attached hydrogen (secondary N) is 1. The SMILES string of the molecule is CN(CC(=O)Nc1cccc(Cl)c1)C(=O)CCCOc1ccccc1. The summed E-state index contributed by atoms with van der Waals surface area (Å²) in [7, 11) is 1.61. The van der Waals surface area contributed by atoms with E-state index in [-0.39, 0.29) is 18.4 Å². The zero-order valence-corrected chi connectivity index (χ0v) is 14.8. The molecule has 25 heavy (non-hydrogen) atoms. The molecule has 0 aromatic heterocycles. The molecule has 1 N–H and O–H groups in total. The van der Waals surface area contributed by atoms with Crippen LogP contribution in [0.25, 0.3) is 0 Å². The fourth-order valence-electron chi connectivity index (χ4n) is 2.19. The van der Waals surface area contributed by atoms with Crippen molar-refractivity contribution in [2.24, 2.45) is 0 Å². The molecule has 2 aromatic rings. The summed E-state index contributed by atoms with van der Waals surface area (Å²) in [6.45, 7) is 0.448. The predicted octanol–water partition coefficient (Wildman–Crippen LogP) is 3.60. The van der Waals surface area contributed by atoms with Gasteiger partial charge in [-0.1, -0.05) is 35.9 Å². The number of para-hydroxylation sites is 1. The number of ether oxygens (including phenoxy) is 1. The maximum absolute atomic E-state index is 12.1. The Morgan fingerprint density at radius 2 is 1.88 bits per heavy atom. The first-order chi connectivity index (χ1) is 12.0. The van der Waals surface area contributed by atoms with Crippen LogP contribution < -0.4 is 10.1 Å². The van der Waals surface area contributed by atoms with E-state index in [0.29, 0.717) is 30.2 Å². The van der Waals surface area contributed by atoms with Crippen LogP contribution in [0.4, 0.5) is 5.69 Å². The number of anilines is 1. The third-order valence-corrected chi connectivity index (χ3v) is 3.70. The third kappa shape index (κ3) is 6.85. The van der Waals surface area contributed by atoms with Gasteiger partial charge in [-0.15, -0.1) is 0 Å². The fourth-order valence-corrected chi connectivity index (χ4v) is 2.38. The number of carbonyl (C=O) groups excluding carboxylic acids is 2. The van der Waals surface area contributed by atoms with E-state index in [4.69, 9.17) is 16.3 Å². The van der Waals surface area contributed by atoms with E-state index in [9.17, 15) is 9.59 Å². The van der Waals surface area contributed by atoms with Gasteiger partial charge in [0.15, 0.2) is 0 Å². The molecule has 0 aliphatic carbocycles. The first-order valence-corrected chi connectivity index (χ1v) is 8.39. The van der Waals surface area contributed by atoms with Gasteiger partial charge in [-0.25, -0.2) is 0 Å². The van der Waals surface area contributed by atoms with Gasteiger partial charge in [-0.2, -0.15) is 0 Å². The monoisotopic (exact) mass is 360 g/mol. The lowest BCUT2D eigenvalue weighted by atomic mass is 10.3. The topological polar surface area (TPSA) is 58.6 Å². The molecule has 0 saturated carbocycles. The van der Waals surface area contributed by atoms with Crippen molar-refractivity contribution in [3.63, 3.8) is 0 Å². The quantitative estimate of drug-likeness (QED) is 0.732. The van der Waals surface area contributed by atoms with E-state index in [1.54, 1.807) is 31.3 Å². The van der Waals surface area contributed by atoms with Crippen molar-refractivity contribution in [1.29, 1.82) is 0 Å². The van der Waals surface area contributed by atoms with Crippen molar-refractivity contribution in [3.05, 3.63) is 59.6 Å². The summed E-state index contributed by atoms with van der Waals surface area (Å²) in [6, 6.07) is 16.3. The molecule has 0 spiro atoms. The van der Waals surface area contributed by atoms with Gasteiger partial charge in [0.25, 0.3) is 0 Å². The molecule has 6 heteroatoms. The molecule has 0 fully saturated rings. The Labute approximate surface area is 152 Å².